The molecule has 0 bridgehead atoms. The van der Waals surface area contributed by atoms with Gasteiger partial charge in [0.15, 0.2) is 5.76 Å². The van der Waals surface area contributed by atoms with Gasteiger partial charge in [-0.05, 0) is 29.9 Å². The van der Waals surface area contributed by atoms with Crippen molar-refractivity contribution in [3.05, 3.63) is 47.1 Å². The van der Waals surface area contributed by atoms with Crippen molar-refractivity contribution < 1.29 is 19.1 Å². The van der Waals surface area contributed by atoms with E-state index in [0.29, 0.717) is 0 Å². The molecule has 1 unspecified atom stereocenters. The second kappa shape index (κ2) is 4.25. The van der Waals surface area contributed by atoms with Crippen molar-refractivity contribution in [2.45, 2.75) is 12.2 Å². The Labute approximate surface area is 99.9 Å². The average molecular weight is 252 g/mol. The number of allylic oxidation sites excluding steroid dienone is 2. The first-order valence-electron chi connectivity index (χ1n) is 5.05. The fourth-order valence-corrected chi connectivity index (χ4v) is 4.28. The summed E-state index contributed by atoms with van der Waals surface area (Å²) in [6, 6.07) is 3.18. The summed E-state index contributed by atoms with van der Waals surface area (Å²) in [7, 11) is -2.13. The van der Waals surface area contributed by atoms with Crippen molar-refractivity contribution in [2.24, 2.45) is 0 Å². The largest absolute Gasteiger partial charge is 0.480 e. The SMILES string of the molecule is CC(C(=O)O)S1(C(=O)c2ccco2)C=CC=C1. The molecule has 1 atom stereocenters. The molecule has 0 spiro atoms. The number of hydrogen-bond acceptors (Lipinski definition) is 3. The van der Waals surface area contributed by atoms with Crippen LogP contribution in [-0.4, -0.2) is 21.4 Å². The molecule has 0 saturated carbocycles. The van der Waals surface area contributed by atoms with Crippen molar-refractivity contribution in [1.82, 2.24) is 0 Å². The van der Waals surface area contributed by atoms with Gasteiger partial charge in [0.05, 0.1) is 11.5 Å². The Morgan fingerprint density at radius 2 is 2.00 bits per heavy atom. The van der Waals surface area contributed by atoms with Gasteiger partial charge >= 0.3 is 5.97 Å². The number of carboxylic acid groups (broad SMARTS) is 1. The van der Waals surface area contributed by atoms with E-state index < -0.39 is 21.2 Å². The summed E-state index contributed by atoms with van der Waals surface area (Å²) in [4.78, 5) is 23.5. The van der Waals surface area contributed by atoms with Crippen LogP contribution >= 0.6 is 10.0 Å². The first-order valence-corrected chi connectivity index (χ1v) is 6.88. The number of carbonyl (C=O) groups is 2. The van der Waals surface area contributed by atoms with Crippen LogP contribution in [0.25, 0.3) is 0 Å². The Balaban J connectivity index is 2.43. The Bertz CT molecular complexity index is 487. The van der Waals surface area contributed by atoms with Crippen LogP contribution in [0.1, 0.15) is 17.5 Å². The smallest absolute Gasteiger partial charge is 0.315 e. The molecule has 17 heavy (non-hydrogen) atoms. The van der Waals surface area contributed by atoms with Crippen LogP contribution in [0.15, 0.2) is 45.8 Å². The Morgan fingerprint density at radius 3 is 2.47 bits per heavy atom. The van der Waals surface area contributed by atoms with Gasteiger partial charge in [0, 0.05) is 0 Å². The maximum Gasteiger partial charge on any atom is 0.315 e. The molecule has 1 aromatic rings. The van der Waals surface area contributed by atoms with E-state index in [4.69, 9.17) is 9.52 Å². The van der Waals surface area contributed by atoms with Crippen LogP contribution in [0.4, 0.5) is 0 Å². The van der Waals surface area contributed by atoms with Gasteiger partial charge in [-0.2, -0.15) is 0 Å². The van der Waals surface area contributed by atoms with Crippen molar-refractivity contribution in [3.8, 4) is 0 Å². The standard InChI is InChI=1S/C12H12O4S/c1-9(11(13)14)17(7-2-3-8-17)12(15)10-5-4-6-16-10/h2-9H,1H3,(H,13,14). The number of hydrogen-bond donors (Lipinski definition) is 1. The lowest BCUT2D eigenvalue weighted by Crippen LogP contribution is -2.26. The van der Waals surface area contributed by atoms with Gasteiger partial charge in [-0.25, -0.2) is 0 Å². The van der Waals surface area contributed by atoms with Gasteiger partial charge in [-0.1, -0.05) is 12.2 Å². The molecule has 2 rings (SSSR count). The number of carbonyl (C=O) groups excluding carboxylic acids is 1. The summed E-state index contributed by atoms with van der Waals surface area (Å²) >= 11 is 0. The molecule has 0 radical (unpaired) electrons. The molecule has 0 fully saturated rings. The minimum atomic E-state index is -2.13. The predicted octanol–water partition coefficient (Wildman–Crippen LogP) is 2.74. The predicted molar refractivity (Wildman–Crippen MR) is 66.0 cm³/mol. The quantitative estimate of drug-likeness (QED) is 0.898. The van der Waals surface area contributed by atoms with Crippen molar-refractivity contribution in [3.63, 3.8) is 0 Å². The summed E-state index contributed by atoms with van der Waals surface area (Å²) in [5, 5.41) is 11.5. The number of carboxylic acids is 1. The molecule has 0 amide bonds. The zero-order chi connectivity index (χ0) is 12.5. The minimum absolute atomic E-state index is 0.212. The second-order valence-corrected chi connectivity index (χ2v) is 6.81. The lowest BCUT2D eigenvalue weighted by Gasteiger charge is -2.32. The number of aliphatic carboxylic acids is 1. The zero-order valence-electron chi connectivity index (χ0n) is 9.20. The summed E-state index contributed by atoms with van der Waals surface area (Å²) in [6.45, 7) is 1.55. The van der Waals surface area contributed by atoms with Crippen LogP contribution in [0.3, 0.4) is 0 Å². The van der Waals surface area contributed by atoms with E-state index in [1.165, 1.54) is 6.26 Å². The highest BCUT2D eigenvalue weighted by Crippen LogP contribution is 2.60. The van der Waals surface area contributed by atoms with Gasteiger partial charge < -0.3 is 9.52 Å². The molecule has 5 heteroatoms. The van der Waals surface area contributed by atoms with E-state index in [2.05, 4.69) is 0 Å². The third-order valence-electron chi connectivity index (χ3n) is 2.69. The third kappa shape index (κ3) is 1.82. The molecule has 90 valence electrons. The monoisotopic (exact) mass is 252 g/mol. The van der Waals surface area contributed by atoms with Crippen LogP contribution < -0.4 is 0 Å². The van der Waals surface area contributed by atoms with E-state index in [1.807, 2.05) is 0 Å². The van der Waals surface area contributed by atoms with Gasteiger partial charge in [0.2, 0.25) is 5.12 Å². The van der Waals surface area contributed by atoms with Crippen LogP contribution in [0.2, 0.25) is 0 Å². The summed E-state index contributed by atoms with van der Waals surface area (Å²) < 4.78 is 5.07. The second-order valence-electron chi connectivity index (χ2n) is 3.66. The zero-order valence-corrected chi connectivity index (χ0v) is 10.0. The van der Waals surface area contributed by atoms with Gasteiger partial charge in [-0.15, -0.1) is 10.0 Å². The summed E-state index contributed by atoms with van der Waals surface area (Å²) in [5.41, 5.74) is 0. The Hall–Kier alpha value is -1.75. The molecule has 0 aliphatic carbocycles. The van der Waals surface area contributed by atoms with Gasteiger partial charge in [0.1, 0.15) is 0 Å². The van der Waals surface area contributed by atoms with Crippen molar-refractivity contribution in [2.75, 3.05) is 0 Å². The average Bonchev–Trinajstić information content (AvgIpc) is 2.99. The van der Waals surface area contributed by atoms with E-state index in [-0.39, 0.29) is 10.9 Å². The Kier molecular flexibility index (Phi) is 2.93. The highest BCUT2D eigenvalue weighted by molar-refractivity contribution is 8.50. The molecule has 1 aliphatic heterocycles. The minimum Gasteiger partial charge on any atom is -0.480 e. The first kappa shape index (κ1) is 11.7. The molecular formula is C12H12O4S. The number of rotatable bonds is 3. The molecule has 4 nitrogen and oxygen atoms in total. The van der Waals surface area contributed by atoms with Crippen molar-refractivity contribution >= 4 is 21.1 Å². The third-order valence-corrected chi connectivity index (χ3v) is 6.12. The van der Waals surface area contributed by atoms with E-state index in [1.54, 1.807) is 42.0 Å². The molecule has 1 aromatic heterocycles. The maximum absolute atomic E-state index is 12.4. The highest BCUT2D eigenvalue weighted by Gasteiger charge is 2.40. The summed E-state index contributed by atoms with van der Waals surface area (Å²) in [5.74, 6) is -0.764. The van der Waals surface area contributed by atoms with Gasteiger partial charge in [-0.3, -0.25) is 9.59 Å². The topological polar surface area (TPSA) is 67.5 Å². The van der Waals surface area contributed by atoms with Crippen molar-refractivity contribution in [1.29, 1.82) is 0 Å². The Morgan fingerprint density at radius 1 is 1.35 bits per heavy atom. The van der Waals surface area contributed by atoms with Gasteiger partial charge in [0.25, 0.3) is 0 Å². The molecule has 1 N–H and O–H groups in total. The lowest BCUT2D eigenvalue weighted by atomic mass is 10.5. The van der Waals surface area contributed by atoms with E-state index >= 15 is 0 Å². The van der Waals surface area contributed by atoms with Crippen LogP contribution in [0.5, 0.6) is 0 Å². The highest BCUT2D eigenvalue weighted by atomic mass is 32.3. The van der Waals surface area contributed by atoms with Crippen LogP contribution in [-0.2, 0) is 4.79 Å². The normalized spacial score (nSPS) is 20.1. The molecule has 0 saturated heterocycles. The molecule has 2 heterocycles. The molecule has 0 aromatic carbocycles. The first-order chi connectivity index (χ1) is 8.08. The molecular weight excluding hydrogens is 240 g/mol. The van der Waals surface area contributed by atoms with E-state index in [0.717, 1.165) is 0 Å². The lowest BCUT2D eigenvalue weighted by molar-refractivity contribution is -0.136. The fourth-order valence-electron chi connectivity index (χ4n) is 1.65. The van der Waals surface area contributed by atoms with E-state index in [9.17, 15) is 9.59 Å². The maximum atomic E-state index is 12.4. The number of furan rings is 1. The molecule has 1 aliphatic rings. The summed E-state index contributed by atoms with van der Waals surface area (Å²) in [6.07, 6.45) is 4.85. The fraction of sp³-hybridized carbons (Fsp3) is 0.167. The van der Waals surface area contributed by atoms with Crippen LogP contribution in [0, 0.1) is 0 Å².